The molecule has 0 saturated carbocycles. The number of aromatic nitrogens is 1. The number of rotatable bonds is 4. The summed E-state index contributed by atoms with van der Waals surface area (Å²) in [5, 5.41) is 4.69. The second-order valence-electron chi connectivity index (χ2n) is 3.59. The van der Waals surface area contributed by atoms with Gasteiger partial charge in [0.15, 0.2) is 0 Å². The SMILES string of the molecule is NC(=O)c1cncc(C(=O)NCc2cccs2)c1. The van der Waals surface area contributed by atoms with Crippen molar-refractivity contribution in [3.05, 3.63) is 52.0 Å². The van der Waals surface area contributed by atoms with Crippen LogP contribution >= 0.6 is 11.3 Å². The maximum Gasteiger partial charge on any atom is 0.253 e. The average Bonchev–Trinajstić information content (AvgIpc) is 2.89. The number of amides is 2. The smallest absolute Gasteiger partial charge is 0.253 e. The van der Waals surface area contributed by atoms with Crippen molar-refractivity contribution >= 4 is 23.2 Å². The topological polar surface area (TPSA) is 85.1 Å². The van der Waals surface area contributed by atoms with E-state index in [9.17, 15) is 9.59 Å². The molecule has 0 aliphatic rings. The van der Waals surface area contributed by atoms with Gasteiger partial charge >= 0.3 is 0 Å². The van der Waals surface area contributed by atoms with Crippen LogP contribution in [0.25, 0.3) is 0 Å². The molecule has 0 aromatic carbocycles. The molecule has 0 atom stereocenters. The first-order valence-corrected chi connectivity index (χ1v) is 6.10. The molecule has 0 saturated heterocycles. The molecular weight excluding hydrogens is 250 g/mol. The summed E-state index contributed by atoms with van der Waals surface area (Å²) in [7, 11) is 0. The Kier molecular flexibility index (Phi) is 3.69. The van der Waals surface area contributed by atoms with Crippen LogP contribution in [0.15, 0.2) is 36.0 Å². The predicted octanol–water partition coefficient (Wildman–Crippen LogP) is 1.17. The highest BCUT2D eigenvalue weighted by Crippen LogP contribution is 2.08. The minimum atomic E-state index is -0.601. The van der Waals surface area contributed by atoms with Crippen molar-refractivity contribution in [3.63, 3.8) is 0 Å². The number of thiophene rings is 1. The summed E-state index contributed by atoms with van der Waals surface area (Å²) in [6.07, 6.45) is 2.73. The molecule has 0 spiro atoms. The molecule has 0 unspecified atom stereocenters. The first-order valence-electron chi connectivity index (χ1n) is 5.22. The lowest BCUT2D eigenvalue weighted by molar-refractivity contribution is 0.0951. The number of pyridine rings is 1. The lowest BCUT2D eigenvalue weighted by Gasteiger charge is -2.04. The van der Waals surface area contributed by atoms with Crippen LogP contribution in [0.2, 0.25) is 0 Å². The van der Waals surface area contributed by atoms with Crippen molar-refractivity contribution in [1.29, 1.82) is 0 Å². The van der Waals surface area contributed by atoms with E-state index in [1.54, 1.807) is 11.3 Å². The second kappa shape index (κ2) is 5.42. The van der Waals surface area contributed by atoms with E-state index < -0.39 is 5.91 Å². The first kappa shape index (κ1) is 12.3. The zero-order chi connectivity index (χ0) is 13.0. The highest BCUT2D eigenvalue weighted by atomic mass is 32.1. The summed E-state index contributed by atoms with van der Waals surface area (Å²) in [5.41, 5.74) is 5.67. The summed E-state index contributed by atoms with van der Waals surface area (Å²) in [5.74, 6) is -0.880. The zero-order valence-electron chi connectivity index (χ0n) is 9.42. The van der Waals surface area contributed by atoms with Crippen molar-refractivity contribution in [1.82, 2.24) is 10.3 Å². The molecule has 0 aliphatic carbocycles. The monoisotopic (exact) mass is 261 g/mol. The summed E-state index contributed by atoms with van der Waals surface area (Å²) in [4.78, 5) is 27.7. The fourth-order valence-electron chi connectivity index (χ4n) is 1.38. The Hall–Kier alpha value is -2.21. The Morgan fingerprint density at radius 2 is 2.11 bits per heavy atom. The number of hydrogen-bond donors (Lipinski definition) is 2. The summed E-state index contributed by atoms with van der Waals surface area (Å²) >= 11 is 1.56. The quantitative estimate of drug-likeness (QED) is 0.866. The van der Waals surface area contributed by atoms with Crippen LogP contribution in [-0.4, -0.2) is 16.8 Å². The summed E-state index contributed by atoms with van der Waals surface area (Å²) in [6.45, 7) is 0.456. The van der Waals surface area contributed by atoms with Crippen molar-refractivity contribution in [3.8, 4) is 0 Å². The largest absolute Gasteiger partial charge is 0.366 e. The number of carbonyl (C=O) groups is 2. The van der Waals surface area contributed by atoms with Gasteiger partial charge < -0.3 is 11.1 Å². The molecule has 92 valence electrons. The minimum absolute atomic E-state index is 0.221. The maximum absolute atomic E-state index is 11.8. The van der Waals surface area contributed by atoms with Crippen LogP contribution in [0, 0.1) is 0 Å². The maximum atomic E-state index is 11.8. The van der Waals surface area contributed by atoms with Gasteiger partial charge in [0.05, 0.1) is 17.7 Å². The molecule has 0 bridgehead atoms. The van der Waals surface area contributed by atoms with Crippen LogP contribution in [0.1, 0.15) is 25.6 Å². The van der Waals surface area contributed by atoms with E-state index in [0.717, 1.165) is 4.88 Å². The Balaban J connectivity index is 2.04. The van der Waals surface area contributed by atoms with Crippen molar-refractivity contribution in [2.75, 3.05) is 0 Å². The van der Waals surface area contributed by atoms with Gasteiger partial charge in [0.1, 0.15) is 0 Å². The summed E-state index contributed by atoms with van der Waals surface area (Å²) < 4.78 is 0. The van der Waals surface area contributed by atoms with Gasteiger partial charge in [-0.2, -0.15) is 0 Å². The predicted molar refractivity (Wildman–Crippen MR) is 68.2 cm³/mol. The van der Waals surface area contributed by atoms with E-state index in [1.807, 2.05) is 17.5 Å². The van der Waals surface area contributed by atoms with Crippen molar-refractivity contribution in [2.45, 2.75) is 6.54 Å². The average molecular weight is 261 g/mol. The van der Waals surface area contributed by atoms with Crippen molar-refractivity contribution in [2.24, 2.45) is 5.73 Å². The second-order valence-corrected chi connectivity index (χ2v) is 4.62. The highest BCUT2D eigenvalue weighted by molar-refractivity contribution is 7.09. The third kappa shape index (κ3) is 2.92. The van der Waals surface area contributed by atoms with E-state index >= 15 is 0 Å². The third-order valence-corrected chi connectivity index (χ3v) is 3.16. The Labute approximate surface area is 108 Å². The summed E-state index contributed by atoms with van der Waals surface area (Å²) in [6, 6.07) is 5.28. The molecule has 3 N–H and O–H groups in total. The van der Waals surface area contributed by atoms with Gasteiger partial charge in [0.2, 0.25) is 5.91 Å². The molecule has 0 radical (unpaired) electrons. The molecule has 2 aromatic rings. The molecule has 6 heteroatoms. The fourth-order valence-corrected chi connectivity index (χ4v) is 2.03. The van der Waals surface area contributed by atoms with Gasteiger partial charge in [-0.15, -0.1) is 11.3 Å². The zero-order valence-corrected chi connectivity index (χ0v) is 10.2. The lowest BCUT2D eigenvalue weighted by Crippen LogP contribution is -2.23. The normalized spacial score (nSPS) is 10.0. The van der Waals surface area contributed by atoms with Crippen LogP contribution in [0.3, 0.4) is 0 Å². The van der Waals surface area contributed by atoms with Gasteiger partial charge in [-0.1, -0.05) is 6.07 Å². The third-order valence-electron chi connectivity index (χ3n) is 2.29. The van der Waals surface area contributed by atoms with E-state index in [1.165, 1.54) is 18.5 Å². The standard InChI is InChI=1S/C12H11N3O2S/c13-11(16)8-4-9(6-14-5-8)12(17)15-7-10-2-1-3-18-10/h1-6H,7H2,(H2,13,16)(H,15,17). The molecule has 0 aliphatic heterocycles. The fraction of sp³-hybridized carbons (Fsp3) is 0.0833. The molecular formula is C12H11N3O2S. The van der Waals surface area contributed by atoms with Gasteiger partial charge in [-0.05, 0) is 17.5 Å². The van der Waals surface area contributed by atoms with Crippen LogP contribution in [-0.2, 0) is 6.54 Å². The number of nitrogens with one attached hydrogen (secondary N) is 1. The van der Waals surface area contributed by atoms with E-state index in [2.05, 4.69) is 10.3 Å². The number of primary amides is 1. The molecule has 18 heavy (non-hydrogen) atoms. The Bertz CT molecular complexity index is 566. The number of nitrogens with two attached hydrogens (primary N) is 1. The molecule has 2 heterocycles. The molecule has 2 rings (SSSR count). The van der Waals surface area contributed by atoms with Gasteiger partial charge in [0, 0.05) is 17.3 Å². The minimum Gasteiger partial charge on any atom is -0.366 e. The number of carbonyl (C=O) groups excluding carboxylic acids is 2. The molecule has 2 amide bonds. The number of nitrogens with zero attached hydrogens (tertiary/aromatic N) is 1. The lowest BCUT2D eigenvalue weighted by atomic mass is 10.2. The molecule has 5 nitrogen and oxygen atoms in total. The van der Waals surface area contributed by atoms with Gasteiger partial charge in [-0.25, -0.2) is 0 Å². The van der Waals surface area contributed by atoms with Gasteiger partial charge in [0.25, 0.3) is 5.91 Å². The Morgan fingerprint density at radius 3 is 2.78 bits per heavy atom. The van der Waals surface area contributed by atoms with Crippen LogP contribution < -0.4 is 11.1 Å². The molecule has 2 aromatic heterocycles. The van der Waals surface area contributed by atoms with E-state index in [4.69, 9.17) is 5.73 Å². The van der Waals surface area contributed by atoms with Crippen molar-refractivity contribution < 1.29 is 9.59 Å². The first-order chi connectivity index (χ1) is 8.66. The van der Waals surface area contributed by atoms with E-state index in [-0.39, 0.29) is 11.5 Å². The Morgan fingerprint density at radius 1 is 1.33 bits per heavy atom. The molecule has 0 fully saturated rings. The highest BCUT2D eigenvalue weighted by Gasteiger charge is 2.09. The van der Waals surface area contributed by atoms with Crippen LogP contribution in [0.5, 0.6) is 0 Å². The van der Waals surface area contributed by atoms with E-state index in [0.29, 0.717) is 12.1 Å². The van der Waals surface area contributed by atoms with Crippen LogP contribution in [0.4, 0.5) is 0 Å². The van der Waals surface area contributed by atoms with Gasteiger partial charge in [-0.3, -0.25) is 14.6 Å². The number of hydrogen-bond acceptors (Lipinski definition) is 4.